The Balaban J connectivity index is 1.36. The van der Waals surface area contributed by atoms with Crippen molar-refractivity contribution in [2.75, 3.05) is 18.8 Å². The summed E-state index contributed by atoms with van der Waals surface area (Å²) in [6, 6.07) is 10.4. The van der Waals surface area contributed by atoms with Gasteiger partial charge in [0.15, 0.2) is 0 Å². The average Bonchev–Trinajstić information content (AvgIpc) is 3.19. The lowest BCUT2D eigenvalue weighted by atomic mass is 10.0. The van der Waals surface area contributed by atoms with Crippen molar-refractivity contribution in [1.82, 2.24) is 10.2 Å². The molecular weight excluding hydrogens is 364 g/mol. The van der Waals surface area contributed by atoms with Gasteiger partial charge in [-0.05, 0) is 36.8 Å². The summed E-state index contributed by atoms with van der Waals surface area (Å²) >= 11 is 3.19. The van der Waals surface area contributed by atoms with Gasteiger partial charge < -0.3 is 10.2 Å². The number of piperidine rings is 1. The van der Waals surface area contributed by atoms with Crippen molar-refractivity contribution in [3.63, 3.8) is 0 Å². The molecule has 1 aromatic heterocycles. The largest absolute Gasteiger partial charge is 0.349 e. The number of hydrogen-bond donors (Lipinski definition) is 1. The number of thiophene rings is 1. The Morgan fingerprint density at radius 3 is 2.58 bits per heavy atom. The Morgan fingerprint density at radius 2 is 1.92 bits per heavy atom. The molecule has 1 fully saturated rings. The number of nitrogens with zero attached hydrogens (tertiary/aromatic N) is 1. The lowest BCUT2D eigenvalue weighted by molar-refractivity contribution is -0.129. The van der Waals surface area contributed by atoms with Crippen molar-refractivity contribution in [2.45, 2.75) is 31.6 Å². The summed E-state index contributed by atoms with van der Waals surface area (Å²) in [7, 11) is 0. The van der Waals surface area contributed by atoms with E-state index in [-0.39, 0.29) is 17.9 Å². The zero-order chi connectivity index (χ0) is 18.4. The Labute approximate surface area is 163 Å². The van der Waals surface area contributed by atoms with Crippen molar-refractivity contribution in [1.29, 1.82) is 0 Å². The molecule has 3 rings (SSSR count). The quantitative estimate of drug-likeness (QED) is 0.821. The van der Waals surface area contributed by atoms with Crippen LogP contribution >= 0.6 is 23.1 Å². The van der Waals surface area contributed by atoms with Gasteiger partial charge >= 0.3 is 0 Å². The molecule has 1 saturated heterocycles. The van der Waals surface area contributed by atoms with Crippen molar-refractivity contribution >= 4 is 34.9 Å². The predicted octanol–water partition coefficient (Wildman–Crippen LogP) is 3.71. The highest BCUT2D eigenvalue weighted by Gasteiger charge is 2.24. The number of rotatable bonds is 6. The van der Waals surface area contributed by atoms with Gasteiger partial charge in [0.25, 0.3) is 5.91 Å². The second-order valence-electron chi connectivity index (χ2n) is 6.62. The van der Waals surface area contributed by atoms with Gasteiger partial charge in [-0.3, -0.25) is 9.59 Å². The molecule has 0 spiro atoms. The smallest absolute Gasteiger partial charge is 0.252 e. The fraction of sp³-hybridized carbons (Fsp3) is 0.400. The summed E-state index contributed by atoms with van der Waals surface area (Å²) < 4.78 is 0. The SMILES string of the molecule is Cc1ccc(CSCC(=O)N2CCC(NC(=O)c3ccsc3)CC2)cc1. The van der Waals surface area contributed by atoms with Crippen molar-refractivity contribution in [3.8, 4) is 0 Å². The Hall–Kier alpha value is -1.79. The van der Waals surface area contributed by atoms with E-state index in [4.69, 9.17) is 0 Å². The minimum Gasteiger partial charge on any atom is -0.349 e. The Bertz CT molecular complexity index is 721. The first kappa shape index (κ1) is 19.0. The lowest BCUT2D eigenvalue weighted by Gasteiger charge is -2.32. The van der Waals surface area contributed by atoms with Gasteiger partial charge in [0.1, 0.15) is 0 Å². The first-order valence-electron chi connectivity index (χ1n) is 8.86. The monoisotopic (exact) mass is 388 g/mol. The van der Waals surface area contributed by atoms with Gasteiger partial charge in [-0.15, -0.1) is 11.8 Å². The van der Waals surface area contributed by atoms with E-state index in [1.807, 2.05) is 21.7 Å². The molecule has 2 aromatic rings. The molecule has 1 N–H and O–H groups in total. The highest BCUT2D eigenvalue weighted by Crippen LogP contribution is 2.17. The number of nitrogens with one attached hydrogen (secondary N) is 1. The van der Waals surface area contributed by atoms with Crippen LogP contribution in [0, 0.1) is 6.92 Å². The van der Waals surface area contributed by atoms with Crippen molar-refractivity contribution in [3.05, 3.63) is 57.8 Å². The molecule has 0 aliphatic carbocycles. The van der Waals surface area contributed by atoms with Crippen LogP contribution in [0.1, 0.15) is 34.3 Å². The number of benzene rings is 1. The number of thioether (sulfide) groups is 1. The van der Waals surface area contributed by atoms with Gasteiger partial charge in [0, 0.05) is 35.8 Å². The van der Waals surface area contributed by atoms with Crippen LogP contribution in [0.5, 0.6) is 0 Å². The molecule has 0 unspecified atom stereocenters. The summed E-state index contributed by atoms with van der Waals surface area (Å²) in [4.78, 5) is 26.4. The predicted molar refractivity (Wildman–Crippen MR) is 109 cm³/mol. The molecule has 1 aliphatic rings. The molecular formula is C20H24N2O2S2. The summed E-state index contributed by atoms with van der Waals surface area (Å²) in [5.41, 5.74) is 3.23. The summed E-state index contributed by atoms with van der Waals surface area (Å²) in [5, 5.41) is 6.84. The van der Waals surface area contributed by atoms with Crippen LogP contribution in [0.2, 0.25) is 0 Å². The maximum Gasteiger partial charge on any atom is 0.252 e. The highest BCUT2D eigenvalue weighted by molar-refractivity contribution is 7.99. The molecule has 138 valence electrons. The molecule has 2 amide bonds. The number of aryl methyl sites for hydroxylation is 1. The minimum atomic E-state index is -0.00956. The number of carbonyl (C=O) groups excluding carboxylic acids is 2. The molecule has 0 saturated carbocycles. The van der Waals surface area contributed by atoms with Crippen molar-refractivity contribution < 1.29 is 9.59 Å². The molecule has 2 heterocycles. The third kappa shape index (κ3) is 5.35. The van der Waals surface area contributed by atoms with E-state index in [1.54, 1.807) is 11.8 Å². The van der Waals surface area contributed by atoms with Gasteiger partial charge in [0.05, 0.1) is 5.75 Å². The van der Waals surface area contributed by atoms with Crippen molar-refractivity contribution in [2.24, 2.45) is 0 Å². The zero-order valence-electron chi connectivity index (χ0n) is 14.9. The van der Waals surface area contributed by atoms with Gasteiger partial charge in [-0.25, -0.2) is 0 Å². The van der Waals surface area contributed by atoms with Gasteiger partial charge in [0.2, 0.25) is 5.91 Å². The van der Waals surface area contributed by atoms with Crippen LogP contribution < -0.4 is 5.32 Å². The Morgan fingerprint density at radius 1 is 1.19 bits per heavy atom. The third-order valence-corrected chi connectivity index (χ3v) is 6.25. The molecule has 1 aliphatic heterocycles. The molecule has 0 atom stereocenters. The van der Waals surface area contributed by atoms with E-state index in [0.29, 0.717) is 5.75 Å². The number of likely N-dealkylation sites (tertiary alicyclic amines) is 1. The normalized spacial score (nSPS) is 15.0. The second kappa shape index (κ2) is 9.24. The van der Waals surface area contributed by atoms with Crippen LogP contribution in [-0.2, 0) is 10.5 Å². The summed E-state index contributed by atoms with van der Waals surface area (Å²) in [6.45, 7) is 3.52. The van der Waals surface area contributed by atoms with Crippen LogP contribution in [0.25, 0.3) is 0 Å². The first-order chi connectivity index (χ1) is 12.6. The number of carbonyl (C=O) groups is 2. The Kier molecular flexibility index (Phi) is 6.74. The minimum absolute atomic E-state index is 0.00956. The average molecular weight is 389 g/mol. The second-order valence-corrected chi connectivity index (χ2v) is 8.38. The topological polar surface area (TPSA) is 49.4 Å². The van der Waals surface area contributed by atoms with Gasteiger partial charge in [-0.2, -0.15) is 11.3 Å². The van der Waals surface area contributed by atoms with Crippen LogP contribution in [-0.4, -0.2) is 41.6 Å². The molecule has 6 heteroatoms. The van der Waals surface area contributed by atoms with E-state index >= 15 is 0 Å². The molecule has 4 nitrogen and oxygen atoms in total. The third-order valence-electron chi connectivity index (χ3n) is 4.58. The van der Waals surface area contributed by atoms with E-state index < -0.39 is 0 Å². The number of amides is 2. The van der Waals surface area contributed by atoms with E-state index in [0.717, 1.165) is 37.2 Å². The maximum absolute atomic E-state index is 12.4. The lowest BCUT2D eigenvalue weighted by Crippen LogP contribution is -2.47. The summed E-state index contributed by atoms with van der Waals surface area (Å²) in [5.74, 6) is 1.56. The zero-order valence-corrected chi connectivity index (χ0v) is 16.6. The molecule has 1 aromatic carbocycles. The van der Waals surface area contributed by atoms with E-state index in [9.17, 15) is 9.59 Å². The molecule has 0 bridgehead atoms. The number of hydrogen-bond acceptors (Lipinski definition) is 4. The molecule has 0 radical (unpaired) electrons. The first-order valence-corrected chi connectivity index (χ1v) is 11.0. The van der Waals surface area contributed by atoms with Crippen LogP contribution in [0.3, 0.4) is 0 Å². The fourth-order valence-electron chi connectivity index (χ4n) is 2.97. The fourth-order valence-corrected chi connectivity index (χ4v) is 4.49. The summed E-state index contributed by atoms with van der Waals surface area (Å²) in [6.07, 6.45) is 1.65. The van der Waals surface area contributed by atoms with E-state index in [2.05, 4.69) is 36.5 Å². The van der Waals surface area contributed by atoms with E-state index in [1.165, 1.54) is 22.5 Å². The van der Waals surface area contributed by atoms with Crippen LogP contribution in [0.15, 0.2) is 41.1 Å². The standard InChI is InChI=1S/C20H24N2O2S2/c1-15-2-4-16(5-3-15)12-26-14-19(23)22-9-6-18(7-10-22)21-20(24)17-8-11-25-13-17/h2-5,8,11,13,18H,6-7,9-10,12,14H2,1H3,(H,21,24). The van der Waals surface area contributed by atoms with Gasteiger partial charge in [-0.1, -0.05) is 29.8 Å². The van der Waals surface area contributed by atoms with Crippen LogP contribution in [0.4, 0.5) is 0 Å². The molecule has 26 heavy (non-hydrogen) atoms. The highest BCUT2D eigenvalue weighted by atomic mass is 32.2. The maximum atomic E-state index is 12.4.